The number of aromatic nitrogens is 2. The molecule has 3 rings (SSSR count). The molecule has 3 heterocycles. The van der Waals surface area contributed by atoms with Crippen LogP contribution in [-0.2, 0) is 16.6 Å². The predicted molar refractivity (Wildman–Crippen MR) is 145 cm³/mol. The molecule has 3 N–H and O–H groups in total. The van der Waals surface area contributed by atoms with E-state index in [4.69, 9.17) is 4.42 Å². The van der Waals surface area contributed by atoms with Crippen LogP contribution in [0.25, 0.3) is 0 Å². The third-order valence-electron chi connectivity index (χ3n) is 4.66. The Bertz CT molecular complexity index is 1180. The van der Waals surface area contributed by atoms with Crippen LogP contribution < -0.4 is 10.6 Å². The lowest BCUT2D eigenvalue weighted by Crippen LogP contribution is -2.42. The van der Waals surface area contributed by atoms with E-state index >= 15 is 0 Å². The van der Waals surface area contributed by atoms with E-state index in [1.807, 2.05) is 19.9 Å². The van der Waals surface area contributed by atoms with Crippen LogP contribution in [0.5, 0.6) is 5.75 Å². The highest BCUT2D eigenvalue weighted by atomic mass is 32.2. The number of sulfonamides is 1. The number of aryl methyl sites for hydroxylation is 2. The number of hydrogen-bond donors (Lipinski definition) is 3. The molecule has 0 saturated carbocycles. The summed E-state index contributed by atoms with van der Waals surface area (Å²) in [7, 11) is -2.35. The minimum atomic E-state index is -3.84. The molecule has 194 valence electrons. The molecule has 0 aromatic carbocycles. The zero-order valence-corrected chi connectivity index (χ0v) is 23.9. The Labute approximate surface area is 217 Å². The Kier molecular flexibility index (Phi) is 11.2. The summed E-state index contributed by atoms with van der Waals surface area (Å²) in [4.78, 5) is 0. The van der Waals surface area contributed by atoms with Crippen LogP contribution in [0.1, 0.15) is 58.1 Å². The average Bonchev–Trinajstić information content (AvgIpc) is 3.47. The van der Waals surface area contributed by atoms with Crippen molar-refractivity contribution in [1.82, 2.24) is 13.1 Å². The van der Waals surface area contributed by atoms with Gasteiger partial charge in [-0.2, -0.15) is 13.1 Å². The van der Waals surface area contributed by atoms with E-state index < -0.39 is 15.6 Å². The molecular formula is C23H35N5O4S3. The van der Waals surface area contributed by atoms with Crippen molar-refractivity contribution in [3.05, 3.63) is 28.5 Å². The Morgan fingerprint density at radius 3 is 2.26 bits per heavy atom. The molecule has 3 aromatic rings. The van der Waals surface area contributed by atoms with Crippen molar-refractivity contribution in [3.8, 4) is 18.6 Å². The highest BCUT2D eigenvalue weighted by molar-refractivity contribution is 7.91. The average molecular weight is 542 g/mol. The Hall–Kier alpha value is -2.59. The monoisotopic (exact) mass is 541 g/mol. The van der Waals surface area contributed by atoms with Gasteiger partial charge in [0.2, 0.25) is 0 Å². The van der Waals surface area contributed by atoms with Gasteiger partial charge in [-0.25, -0.2) is 8.42 Å². The van der Waals surface area contributed by atoms with Crippen LogP contribution in [-0.4, -0.2) is 39.2 Å². The maximum atomic E-state index is 12.9. The lowest BCUT2D eigenvalue weighted by molar-refractivity contribution is 0.291. The molecule has 0 unspecified atom stereocenters. The first-order valence-corrected chi connectivity index (χ1v) is 13.9. The first kappa shape index (κ1) is 30.4. The Morgan fingerprint density at radius 1 is 1.17 bits per heavy atom. The second kappa shape index (κ2) is 12.9. The van der Waals surface area contributed by atoms with Crippen LogP contribution >= 0.6 is 23.1 Å². The normalized spacial score (nSPS) is 11.3. The molecule has 0 amide bonds. The molecule has 0 atom stereocenters. The third kappa shape index (κ3) is 7.70. The van der Waals surface area contributed by atoms with Crippen LogP contribution in [0.15, 0.2) is 20.1 Å². The first-order valence-electron chi connectivity index (χ1n) is 10.8. The van der Waals surface area contributed by atoms with E-state index in [1.54, 1.807) is 26.2 Å². The van der Waals surface area contributed by atoms with Crippen molar-refractivity contribution >= 4 is 50.4 Å². The minimum Gasteiger partial charge on any atom is -0.504 e. The smallest absolute Gasteiger partial charge is 0.256 e. The lowest BCUT2D eigenvalue weighted by Gasteiger charge is -2.30. The number of thiophene rings is 1. The Balaban J connectivity index is 0.00000114. The maximum absolute atomic E-state index is 12.9. The summed E-state index contributed by atoms with van der Waals surface area (Å²) in [5.74, 6) is 2.15. The van der Waals surface area contributed by atoms with E-state index in [2.05, 4.69) is 46.1 Å². The molecule has 0 aliphatic carbocycles. The summed E-state index contributed by atoms with van der Waals surface area (Å²) in [5, 5.41) is 18.2. The first-order chi connectivity index (χ1) is 16.3. The number of anilines is 3. The van der Waals surface area contributed by atoms with E-state index in [0.29, 0.717) is 18.2 Å². The quantitative estimate of drug-likeness (QED) is 0.314. The summed E-state index contributed by atoms with van der Waals surface area (Å²) in [5.41, 5.74) is 0.696. The van der Waals surface area contributed by atoms with Crippen LogP contribution in [0, 0.1) is 26.7 Å². The lowest BCUT2D eigenvalue weighted by atomic mass is 10.1. The van der Waals surface area contributed by atoms with Gasteiger partial charge >= 0.3 is 0 Å². The minimum absolute atomic E-state index is 0.123. The summed E-state index contributed by atoms with van der Waals surface area (Å²) >= 11 is 1.94. The highest BCUT2D eigenvalue weighted by Crippen LogP contribution is 2.42. The van der Waals surface area contributed by atoms with Gasteiger partial charge in [0.15, 0.2) is 21.6 Å². The molecule has 0 saturated heterocycles. The van der Waals surface area contributed by atoms with Gasteiger partial charge < -0.3 is 20.2 Å². The number of aromatic hydroxyl groups is 1. The van der Waals surface area contributed by atoms with Crippen molar-refractivity contribution in [2.75, 3.05) is 17.7 Å². The van der Waals surface area contributed by atoms with Gasteiger partial charge in [0.1, 0.15) is 11.5 Å². The SMILES string of the molecule is C#C.CCC.Cc1cc(CNc2nsnc2Nc2csc(S(=O)(=O)N(C)C(C)(C)C)c2O)oc1C. The molecule has 0 aliphatic rings. The topological polar surface area (TPSA) is 121 Å². The second-order valence-electron chi connectivity index (χ2n) is 8.53. The van der Waals surface area contributed by atoms with Crippen molar-refractivity contribution in [3.63, 3.8) is 0 Å². The van der Waals surface area contributed by atoms with Gasteiger partial charge in [0.25, 0.3) is 10.0 Å². The van der Waals surface area contributed by atoms with Crippen LogP contribution in [0.3, 0.4) is 0 Å². The summed E-state index contributed by atoms with van der Waals surface area (Å²) in [6, 6.07) is 1.95. The fourth-order valence-corrected chi connectivity index (χ4v) is 5.91. The second-order valence-corrected chi connectivity index (χ2v) is 12.1. The maximum Gasteiger partial charge on any atom is 0.256 e. The van der Waals surface area contributed by atoms with Crippen molar-refractivity contribution in [1.29, 1.82) is 0 Å². The Morgan fingerprint density at radius 2 is 1.74 bits per heavy atom. The fraction of sp³-hybridized carbons (Fsp3) is 0.478. The number of nitrogens with one attached hydrogen (secondary N) is 2. The number of nitrogens with zero attached hydrogens (tertiary/aromatic N) is 3. The zero-order valence-electron chi connectivity index (χ0n) is 21.5. The summed E-state index contributed by atoms with van der Waals surface area (Å²) in [6.07, 6.45) is 9.25. The molecule has 0 bridgehead atoms. The van der Waals surface area contributed by atoms with Crippen molar-refractivity contribution in [2.45, 2.75) is 71.2 Å². The van der Waals surface area contributed by atoms with Gasteiger partial charge in [0.05, 0.1) is 24.0 Å². The largest absolute Gasteiger partial charge is 0.504 e. The highest BCUT2D eigenvalue weighted by Gasteiger charge is 2.34. The standard InChI is InChI=1S/C18H25N5O4S3.C3H8.C2H2/c1-10-7-12(27-11(10)2)8-19-15-16(22-29-21-15)20-13-9-28-17(14(13)24)30(25,26)23(6)18(3,4)5;1-3-2;1-2/h7,9,24H,8H2,1-6H3,(H,19,21)(H,20,22);3H2,1-2H3;1-2H. The molecular weight excluding hydrogens is 506 g/mol. The van der Waals surface area contributed by atoms with E-state index in [1.165, 1.54) is 17.8 Å². The predicted octanol–water partition coefficient (Wildman–Crippen LogP) is 5.96. The number of rotatable bonds is 7. The van der Waals surface area contributed by atoms with E-state index in [0.717, 1.165) is 40.1 Å². The van der Waals surface area contributed by atoms with Crippen LogP contribution in [0.4, 0.5) is 17.3 Å². The number of hydrogen-bond acceptors (Lipinski definition) is 10. The zero-order chi connectivity index (χ0) is 27.0. The molecule has 3 aromatic heterocycles. The molecule has 9 nitrogen and oxygen atoms in total. The molecule has 35 heavy (non-hydrogen) atoms. The van der Waals surface area contributed by atoms with Crippen molar-refractivity contribution < 1.29 is 17.9 Å². The fourth-order valence-electron chi connectivity index (χ4n) is 2.51. The molecule has 0 spiro atoms. The third-order valence-corrected chi connectivity index (χ3v) is 8.80. The molecule has 0 radical (unpaired) electrons. The van der Waals surface area contributed by atoms with Gasteiger partial charge in [0, 0.05) is 18.0 Å². The summed E-state index contributed by atoms with van der Waals surface area (Å²) in [6.45, 7) is 13.9. The van der Waals surface area contributed by atoms with Gasteiger partial charge in [-0.1, -0.05) is 20.3 Å². The molecule has 0 aliphatic heterocycles. The van der Waals surface area contributed by atoms with Crippen molar-refractivity contribution in [2.24, 2.45) is 0 Å². The number of terminal acetylenes is 1. The van der Waals surface area contributed by atoms with Crippen LogP contribution in [0.2, 0.25) is 0 Å². The van der Waals surface area contributed by atoms with E-state index in [9.17, 15) is 13.5 Å². The van der Waals surface area contributed by atoms with Gasteiger partial charge in [-0.05, 0) is 46.2 Å². The molecule has 12 heteroatoms. The van der Waals surface area contributed by atoms with E-state index in [-0.39, 0.29) is 15.6 Å². The van der Waals surface area contributed by atoms with Gasteiger partial charge in [-0.3, -0.25) is 0 Å². The number of furan rings is 1. The molecule has 0 fully saturated rings. The summed E-state index contributed by atoms with van der Waals surface area (Å²) < 4.78 is 40.9. The van der Waals surface area contributed by atoms with Gasteiger partial charge in [-0.15, -0.1) is 24.2 Å².